The molecule has 2 aromatic rings. The number of hydrogen-bond acceptors (Lipinski definition) is 6. The molecular weight excluding hydrogens is 382 g/mol. The molecule has 3 rings (SSSR count). The first-order valence-electron chi connectivity index (χ1n) is 10.8. The Balaban J connectivity index is 1.76. The second kappa shape index (κ2) is 10.3. The fraction of sp³-hybridized carbons (Fsp3) is 0.522. The summed E-state index contributed by atoms with van der Waals surface area (Å²) in [7, 11) is 0. The van der Waals surface area contributed by atoms with Crippen LogP contribution >= 0.6 is 0 Å². The van der Waals surface area contributed by atoms with Crippen LogP contribution in [0.1, 0.15) is 69.7 Å². The zero-order chi connectivity index (χ0) is 21.4. The number of rotatable bonds is 8. The first-order chi connectivity index (χ1) is 14.6. The molecule has 0 aliphatic heterocycles. The van der Waals surface area contributed by atoms with Gasteiger partial charge in [0.1, 0.15) is 5.54 Å². The summed E-state index contributed by atoms with van der Waals surface area (Å²) in [4.78, 5) is 17.3. The molecule has 1 fully saturated rings. The van der Waals surface area contributed by atoms with Crippen molar-refractivity contribution >= 4 is 12.0 Å². The number of aryl methyl sites for hydroxylation is 1. The molecule has 162 valence electrons. The van der Waals surface area contributed by atoms with Gasteiger partial charge in [0.2, 0.25) is 11.8 Å². The maximum absolute atomic E-state index is 12.8. The van der Waals surface area contributed by atoms with Gasteiger partial charge in [-0.15, -0.1) is 0 Å². The van der Waals surface area contributed by atoms with E-state index in [9.17, 15) is 4.79 Å². The van der Waals surface area contributed by atoms with Crippen LogP contribution in [-0.4, -0.2) is 29.3 Å². The molecule has 1 saturated carbocycles. The van der Waals surface area contributed by atoms with Gasteiger partial charge in [-0.05, 0) is 50.5 Å². The fourth-order valence-electron chi connectivity index (χ4n) is 3.85. The van der Waals surface area contributed by atoms with Crippen LogP contribution in [0.2, 0.25) is 0 Å². The first-order valence-corrected chi connectivity index (χ1v) is 10.8. The van der Waals surface area contributed by atoms with Crippen molar-refractivity contribution in [1.29, 1.82) is 0 Å². The normalized spacial score (nSPS) is 16.2. The third-order valence-electron chi connectivity index (χ3n) is 5.27. The molecule has 1 aliphatic rings. The van der Waals surface area contributed by atoms with Gasteiger partial charge in [-0.3, -0.25) is 4.79 Å². The number of amides is 1. The van der Waals surface area contributed by atoms with Crippen LogP contribution in [0.25, 0.3) is 6.08 Å². The van der Waals surface area contributed by atoms with E-state index in [1.807, 2.05) is 32.0 Å². The minimum Gasteiger partial charge on any atom is -0.490 e. The summed E-state index contributed by atoms with van der Waals surface area (Å²) in [5.41, 5.74) is 0.285. The first kappa shape index (κ1) is 21.9. The van der Waals surface area contributed by atoms with Crippen LogP contribution < -0.4 is 14.8 Å². The lowest BCUT2D eigenvalue weighted by molar-refractivity contribution is -0.118. The third kappa shape index (κ3) is 5.40. The number of benzene rings is 1. The quantitative estimate of drug-likeness (QED) is 0.504. The van der Waals surface area contributed by atoms with Gasteiger partial charge in [0.05, 0.1) is 13.2 Å². The van der Waals surface area contributed by atoms with Gasteiger partial charge >= 0.3 is 0 Å². The molecule has 1 aliphatic carbocycles. The highest BCUT2D eigenvalue weighted by Crippen LogP contribution is 2.35. The van der Waals surface area contributed by atoms with E-state index in [1.54, 1.807) is 19.1 Å². The molecule has 1 aromatic carbocycles. The predicted molar refractivity (Wildman–Crippen MR) is 114 cm³/mol. The number of hydrogen-bond donors (Lipinski definition) is 1. The van der Waals surface area contributed by atoms with Crippen LogP contribution in [0.5, 0.6) is 11.5 Å². The minimum atomic E-state index is -0.578. The number of ether oxygens (including phenoxy) is 2. The molecule has 0 spiro atoms. The lowest BCUT2D eigenvalue weighted by Gasteiger charge is -2.30. The van der Waals surface area contributed by atoms with Crippen LogP contribution in [0.15, 0.2) is 28.8 Å². The summed E-state index contributed by atoms with van der Waals surface area (Å²) in [6.07, 6.45) is 9.28. The molecule has 30 heavy (non-hydrogen) atoms. The monoisotopic (exact) mass is 413 g/mol. The van der Waals surface area contributed by atoms with Gasteiger partial charge < -0.3 is 19.3 Å². The highest BCUT2D eigenvalue weighted by Gasteiger charge is 2.38. The van der Waals surface area contributed by atoms with Crippen molar-refractivity contribution in [1.82, 2.24) is 15.5 Å². The second-order valence-electron chi connectivity index (χ2n) is 7.53. The van der Waals surface area contributed by atoms with Crippen LogP contribution in [0.3, 0.4) is 0 Å². The minimum absolute atomic E-state index is 0.175. The van der Waals surface area contributed by atoms with Crippen molar-refractivity contribution < 1.29 is 18.8 Å². The van der Waals surface area contributed by atoms with E-state index in [1.165, 1.54) is 0 Å². The summed E-state index contributed by atoms with van der Waals surface area (Å²) >= 11 is 0. The van der Waals surface area contributed by atoms with E-state index in [0.717, 1.165) is 44.1 Å². The maximum Gasteiger partial charge on any atom is 0.244 e. The fourth-order valence-corrected chi connectivity index (χ4v) is 3.85. The molecule has 1 heterocycles. The molecule has 0 bridgehead atoms. The van der Waals surface area contributed by atoms with Crippen molar-refractivity contribution in [2.45, 2.75) is 64.8 Å². The van der Waals surface area contributed by atoms with Gasteiger partial charge in [0.15, 0.2) is 17.3 Å². The third-order valence-corrected chi connectivity index (χ3v) is 5.27. The standard InChI is InChI=1S/C23H31N3O4/c1-4-28-19-12-10-18(16-20(19)29-5-2)11-13-21(27)25-23(14-8-6-7-9-15-23)22-24-17(3)30-26-22/h10-13,16H,4-9,14-15H2,1-3H3,(H,25,27)/b13-11+. The van der Waals surface area contributed by atoms with Gasteiger partial charge in [-0.25, -0.2) is 0 Å². The van der Waals surface area contributed by atoms with E-state index in [2.05, 4.69) is 15.5 Å². The zero-order valence-corrected chi connectivity index (χ0v) is 18.1. The van der Waals surface area contributed by atoms with E-state index in [4.69, 9.17) is 14.0 Å². The lowest BCUT2D eigenvalue weighted by Crippen LogP contribution is -2.45. The van der Waals surface area contributed by atoms with Crippen LogP contribution in [-0.2, 0) is 10.3 Å². The van der Waals surface area contributed by atoms with Gasteiger partial charge in [-0.2, -0.15) is 4.98 Å². The van der Waals surface area contributed by atoms with Gasteiger partial charge in [0, 0.05) is 13.0 Å². The van der Waals surface area contributed by atoms with Gasteiger partial charge in [-0.1, -0.05) is 36.9 Å². The number of nitrogens with zero attached hydrogens (tertiary/aromatic N) is 2. The van der Waals surface area contributed by atoms with Crippen molar-refractivity contribution in [3.05, 3.63) is 41.6 Å². The van der Waals surface area contributed by atoms with Crippen LogP contribution in [0.4, 0.5) is 0 Å². The lowest BCUT2D eigenvalue weighted by atomic mass is 9.89. The Kier molecular flexibility index (Phi) is 7.49. The SMILES string of the molecule is CCOc1ccc(/C=C/C(=O)NC2(c3noc(C)n3)CCCCCC2)cc1OCC. The highest BCUT2D eigenvalue weighted by molar-refractivity contribution is 5.92. The van der Waals surface area contributed by atoms with E-state index in [0.29, 0.717) is 36.4 Å². The molecular formula is C23H31N3O4. The second-order valence-corrected chi connectivity index (χ2v) is 7.53. The largest absolute Gasteiger partial charge is 0.490 e. The molecule has 7 nitrogen and oxygen atoms in total. The molecule has 1 aromatic heterocycles. The van der Waals surface area contributed by atoms with Crippen molar-refractivity contribution in [2.75, 3.05) is 13.2 Å². The molecule has 0 radical (unpaired) electrons. The number of carbonyl (C=O) groups excluding carboxylic acids is 1. The summed E-state index contributed by atoms with van der Waals surface area (Å²) in [5, 5.41) is 7.31. The summed E-state index contributed by atoms with van der Waals surface area (Å²) in [5.74, 6) is 2.28. The average molecular weight is 414 g/mol. The van der Waals surface area contributed by atoms with Gasteiger partial charge in [0.25, 0.3) is 0 Å². The Morgan fingerprint density at radius 2 is 1.83 bits per heavy atom. The molecule has 0 saturated heterocycles. The predicted octanol–water partition coefficient (Wildman–Crippen LogP) is 4.55. The maximum atomic E-state index is 12.8. The van der Waals surface area contributed by atoms with E-state index >= 15 is 0 Å². The summed E-state index contributed by atoms with van der Waals surface area (Å²) in [6.45, 7) is 6.74. The number of carbonyl (C=O) groups is 1. The Morgan fingerprint density at radius 1 is 1.13 bits per heavy atom. The zero-order valence-electron chi connectivity index (χ0n) is 18.1. The van der Waals surface area contributed by atoms with E-state index < -0.39 is 5.54 Å². The number of nitrogens with one attached hydrogen (secondary N) is 1. The summed E-state index contributed by atoms with van der Waals surface area (Å²) < 4.78 is 16.5. The Bertz CT molecular complexity index is 867. The summed E-state index contributed by atoms with van der Waals surface area (Å²) in [6, 6.07) is 5.64. The van der Waals surface area contributed by atoms with Crippen LogP contribution in [0, 0.1) is 6.92 Å². The highest BCUT2D eigenvalue weighted by atomic mass is 16.5. The number of aromatic nitrogens is 2. The van der Waals surface area contributed by atoms with Crippen molar-refractivity contribution in [3.63, 3.8) is 0 Å². The van der Waals surface area contributed by atoms with Crippen molar-refractivity contribution in [3.8, 4) is 11.5 Å². The molecule has 1 amide bonds. The van der Waals surface area contributed by atoms with E-state index in [-0.39, 0.29) is 5.91 Å². The molecule has 1 N–H and O–H groups in total. The molecule has 7 heteroatoms. The molecule has 0 atom stereocenters. The Labute approximate surface area is 177 Å². The van der Waals surface area contributed by atoms with Crippen molar-refractivity contribution in [2.24, 2.45) is 0 Å². The molecule has 0 unspecified atom stereocenters. The smallest absolute Gasteiger partial charge is 0.244 e. The topological polar surface area (TPSA) is 86.5 Å². The average Bonchev–Trinajstić information content (AvgIpc) is 3.04. The Morgan fingerprint density at radius 3 is 2.47 bits per heavy atom. The Hall–Kier alpha value is -2.83.